The van der Waals surface area contributed by atoms with Gasteiger partial charge in [-0.1, -0.05) is 13.3 Å². The van der Waals surface area contributed by atoms with Gasteiger partial charge in [-0.25, -0.2) is 0 Å². The molecule has 0 aromatic carbocycles. The topological polar surface area (TPSA) is 31.6 Å². The third-order valence-electron chi connectivity index (χ3n) is 3.08. The van der Waals surface area contributed by atoms with Gasteiger partial charge in [-0.05, 0) is 31.1 Å². The third kappa shape index (κ3) is 3.37. The quantitative estimate of drug-likeness (QED) is 0.724. The van der Waals surface area contributed by atoms with E-state index in [4.69, 9.17) is 13.9 Å². The summed E-state index contributed by atoms with van der Waals surface area (Å²) in [5, 5.41) is 0. The molecule has 1 aromatic rings. The number of rotatable bonds is 7. The lowest BCUT2D eigenvalue weighted by atomic mass is 9.95. The van der Waals surface area contributed by atoms with Crippen LogP contribution >= 0.6 is 0 Å². The lowest BCUT2D eigenvalue weighted by Crippen LogP contribution is -2.33. The minimum atomic E-state index is -0.136. The van der Waals surface area contributed by atoms with Crippen LogP contribution in [0.25, 0.3) is 0 Å². The van der Waals surface area contributed by atoms with E-state index in [2.05, 4.69) is 13.0 Å². The molecular weight excluding hydrogens is 216 g/mol. The fourth-order valence-electron chi connectivity index (χ4n) is 2.06. The van der Waals surface area contributed by atoms with E-state index >= 15 is 0 Å². The molecule has 0 saturated carbocycles. The molecule has 17 heavy (non-hydrogen) atoms. The molecule has 1 aromatic heterocycles. The van der Waals surface area contributed by atoms with Gasteiger partial charge in [0.05, 0.1) is 19.1 Å². The molecular formula is C14H20O3. The Morgan fingerprint density at radius 2 is 2.41 bits per heavy atom. The van der Waals surface area contributed by atoms with Crippen molar-refractivity contribution in [3.8, 4) is 0 Å². The van der Waals surface area contributed by atoms with Gasteiger partial charge in [0.1, 0.15) is 18.0 Å². The van der Waals surface area contributed by atoms with E-state index in [9.17, 15) is 0 Å². The number of furan rings is 1. The van der Waals surface area contributed by atoms with Gasteiger partial charge in [0.25, 0.3) is 0 Å². The zero-order valence-electron chi connectivity index (χ0n) is 10.4. The van der Waals surface area contributed by atoms with Crippen molar-refractivity contribution < 1.29 is 13.9 Å². The average molecular weight is 236 g/mol. The summed E-state index contributed by atoms with van der Waals surface area (Å²) < 4.78 is 16.7. The van der Waals surface area contributed by atoms with Crippen LogP contribution in [-0.4, -0.2) is 12.2 Å². The minimum Gasteiger partial charge on any atom is -0.492 e. The van der Waals surface area contributed by atoms with E-state index in [-0.39, 0.29) is 5.60 Å². The molecule has 1 atom stereocenters. The molecule has 1 aliphatic heterocycles. The number of ether oxygens (including phenoxy) is 2. The van der Waals surface area contributed by atoms with E-state index in [1.807, 2.05) is 12.1 Å². The first kappa shape index (κ1) is 12.2. The van der Waals surface area contributed by atoms with Crippen molar-refractivity contribution in [3.63, 3.8) is 0 Å². The highest BCUT2D eigenvalue weighted by molar-refractivity contribution is 4.99. The van der Waals surface area contributed by atoms with Crippen molar-refractivity contribution >= 4 is 0 Å². The first-order valence-electron chi connectivity index (χ1n) is 6.28. The molecule has 3 nitrogen and oxygen atoms in total. The van der Waals surface area contributed by atoms with Gasteiger partial charge >= 0.3 is 0 Å². The molecule has 0 saturated heterocycles. The Labute approximate surface area is 102 Å². The normalized spacial score (nSPS) is 22.9. The number of hydrogen-bond acceptors (Lipinski definition) is 3. The van der Waals surface area contributed by atoms with E-state index in [1.54, 1.807) is 12.5 Å². The molecule has 0 fully saturated rings. The van der Waals surface area contributed by atoms with Crippen LogP contribution in [0.15, 0.2) is 35.2 Å². The molecule has 0 N–H and O–H groups in total. The van der Waals surface area contributed by atoms with Crippen LogP contribution in [0, 0.1) is 0 Å². The predicted molar refractivity (Wildman–Crippen MR) is 65.5 cm³/mol. The van der Waals surface area contributed by atoms with Crippen molar-refractivity contribution in [2.75, 3.05) is 6.61 Å². The predicted octanol–water partition coefficient (Wildman–Crippen LogP) is 3.66. The average Bonchev–Trinajstić information content (AvgIpc) is 2.99. The second-order valence-corrected chi connectivity index (χ2v) is 4.55. The van der Waals surface area contributed by atoms with E-state index in [0.29, 0.717) is 13.2 Å². The lowest BCUT2D eigenvalue weighted by Gasteiger charge is -2.28. The summed E-state index contributed by atoms with van der Waals surface area (Å²) in [7, 11) is 0. The highest BCUT2D eigenvalue weighted by atomic mass is 16.5. The van der Waals surface area contributed by atoms with E-state index in [0.717, 1.165) is 18.6 Å². The number of hydrogen-bond donors (Lipinski definition) is 0. The molecule has 0 spiro atoms. The van der Waals surface area contributed by atoms with Crippen LogP contribution in [0.5, 0.6) is 0 Å². The van der Waals surface area contributed by atoms with Crippen LogP contribution in [0.4, 0.5) is 0 Å². The molecule has 94 valence electrons. The fourth-order valence-corrected chi connectivity index (χ4v) is 2.06. The second kappa shape index (κ2) is 5.92. The Hall–Kier alpha value is -1.22. The van der Waals surface area contributed by atoms with E-state index < -0.39 is 0 Å². The highest BCUT2D eigenvalue weighted by Gasteiger charge is 2.32. The van der Waals surface area contributed by atoms with Gasteiger partial charge in [0.2, 0.25) is 0 Å². The summed E-state index contributed by atoms with van der Waals surface area (Å²) in [6.07, 6.45) is 9.89. The van der Waals surface area contributed by atoms with E-state index in [1.165, 1.54) is 12.8 Å². The molecule has 0 radical (unpaired) electrons. The smallest absolute Gasteiger partial charge is 0.135 e. The van der Waals surface area contributed by atoms with Crippen molar-refractivity contribution in [3.05, 3.63) is 36.5 Å². The zero-order chi connectivity index (χ0) is 12.0. The fraction of sp³-hybridized carbons (Fsp3) is 0.571. The summed E-state index contributed by atoms with van der Waals surface area (Å²) in [6.45, 7) is 3.34. The van der Waals surface area contributed by atoms with Gasteiger partial charge in [-0.15, -0.1) is 0 Å². The second-order valence-electron chi connectivity index (χ2n) is 4.55. The molecule has 3 heteroatoms. The maximum absolute atomic E-state index is 5.73. The first-order chi connectivity index (χ1) is 8.35. The van der Waals surface area contributed by atoms with Crippen LogP contribution in [0.3, 0.4) is 0 Å². The largest absolute Gasteiger partial charge is 0.492 e. The SMILES string of the molecule is CCCCC1(COCc2ccco2)CC=CO1. The Morgan fingerprint density at radius 3 is 3.06 bits per heavy atom. The molecule has 2 heterocycles. The van der Waals surface area contributed by atoms with Gasteiger partial charge < -0.3 is 13.9 Å². The number of unbranched alkanes of at least 4 members (excludes halogenated alkanes) is 1. The van der Waals surface area contributed by atoms with Crippen LogP contribution in [0.2, 0.25) is 0 Å². The maximum atomic E-state index is 5.73. The Morgan fingerprint density at radius 1 is 1.47 bits per heavy atom. The molecule has 0 amide bonds. The molecule has 1 unspecified atom stereocenters. The van der Waals surface area contributed by atoms with Crippen molar-refractivity contribution in [1.82, 2.24) is 0 Å². The lowest BCUT2D eigenvalue weighted by molar-refractivity contribution is -0.0553. The first-order valence-corrected chi connectivity index (χ1v) is 6.28. The summed E-state index contributed by atoms with van der Waals surface area (Å²) in [4.78, 5) is 0. The van der Waals surface area contributed by atoms with Crippen LogP contribution in [-0.2, 0) is 16.1 Å². The maximum Gasteiger partial charge on any atom is 0.135 e. The summed E-state index contributed by atoms with van der Waals surface area (Å²) in [6, 6.07) is 3.80. The monoisotopic (exact) mass is 236 g/mol. The van der Waals surface area contributed by atoms with Crippen LogP contribution < -0.4 is 0 Å². The molecule has 0 bridgehead atoms. The Balaban J connectivity index is 1.77. The van der Waals surface area contributed by atoms with Gasteiger partial charge in [-0.3, -0.25) is 0 Å². The standard InChI is InChI=1S/C14H20O3/c1-2-3-7-14(8-5-10-17-14)12-15-11-13-6-4-9-16-13/h4-6,9-10H,2-3,7-8,11-12H2,1H3. The summed E-state index contributed by atoms with van der Waals surface area (Å²) >= 11 is 0. The Bertz CT molecular complexity index is 332. The highest BCUT2D eigenvalue weighted by Crippen LogP contribution is 2.29. The molecule has 1 aliphatic rings. The minimum absolute atomic E-state index is 0.136. The molecule has 2 rings (SSSR count). The van der Waals surface area contributed by atoms with Gasteiger partial charge in [-0.2, -0.15) is 0 Å². The summed E-state index contributed by atoms with van der Waals surface area (Å²) in [5.41, 5.74) is -0.136. The zero-order valence-corrected chi connectivity index (χ0v) is 10.4. The van der Waals surface area contributed by atoms with Gasteiger partial charge in [0.15, 0.2) is 0 Å². The van der Waals surface area contributed by atoms with Gasteiger partial charge in [0, 0.05) is 6.42 Å². The third-order valence-corrected chi connectivity index (χ3v) is 3.08. The Kier molecular flexibility index (Phi) is 4.26. The van der Waals surface area contributed by atoms with Crippen LogP contribution in [0.1, 0.15) is 38.4 Å². The van der Waals surface area contributed by atoms with Crippen molar-refractivity contribution in [2.45, 2.75) is 44.8 Å². The van der Waals surface area contributed by atoms with Crippen molar-refractivity contribution in [1.29, 1.82) is 0 Å². The summed E-state index contributed by atoms with van der Waals surface area (Å²) in [5.74, 6) is 0.863. The van der Waals surface area contributed by atoms with Crippen molar-refractivity contribution in [2.24, 2.45) is 0 Å². The molecule has 0 aliphatic carbocycles.